The van der Waals surface area contributed by atoms with Gasteiger partial charge in [0.25, 0.3) is 0 Å². The standard InChI is InChI=1S/C19H24F3NO3/c1-2-23(11-14-5-3-13(4-6-14)9-18(25)26)17-8-7-16(19(20,21)22)10-15(17)12-24/h7-8,10,12-14H,2-6,9,11H2,1H3,(H,25,26)/t13-,14-. The summed E-state index contributed by atoms with van der Waals surface area (Å²) in [5.74, 6) is -0.221. The molecule has 0 bridgehead atoms. The molecular formula is C19H24F3NO3. The van der Waals surface area contributed by atoms with Crippen molar-refractivity contribution in [3.05, 3.63) is 29.3 Å². The molecule has 26 heavy (non-hydrogen) atoms. The molecule has 7 heteroatoms. The Kier molecular flexibility index (Phi) is 6.67. The van der Waals surface area contributed by atoms with Crippen molar-refractivity contribution < 1.29 is 27.9 Å². The van der Waals surface area contributed by atoms with E-state index in [9.17, 15) is 22.8 Å². The quantitative estimate of drug-likeness (QED) is 0.710. The van der Waals surface area contributed by atoms with Gasteiger partial charge in [-0.3, -0.25) is 9.59 Å². The number of carbonyl (C=O) groups is 2. The maximum Gasteiger partial charge on any atom is 0.416 e. The number of hydrogen-bond donors (Lipinski definition) is 1. The summed E-state index contributed by atoms with van der Waals surface area (Å²) in [6, 6.07) is 3.27. The van der Waals surface area contributed by atoms with Crippen molar-refractivity contribution in [1.82, 2.24) is 0 Å². The van der Waals surface area contributed by atoms with E-state index in [1.54, 1.807) is 0 Å². The fourth-order valence-electron chi connectivity index (χ4n) is 3.69. The highest BCUT2D eigenvalue weighted by molar-refractivity contribution is 5.85. The summed E-state index contributed by atoms with van der Waals surface area (Å²) in [6.07, 6.45) is -0.327. The van der Waals surface area contributed by atoms with Crippen LogP contribution >= 0.6 is 0 Å². The molecule has 0 aromatic heterocycles. The van der Waals surface area contributed by atoms with Gasteiger partial charge in [0.1, 0.15) is 0 Å². The van der Waals surface area contributed by atoms with E-state index in [0.717, 1.165) is 37.8 Å². The average Bonchev–Trinajstić information content (AvgIpc) is 2.59. The molecule has 1 aliphatic carbocycles. The molecule has 4 nitrogen and oxygen atoms in total. The molecule has 2 rings (SSSR count). The predicted octanol–water partition coefficient (Wildman–Crippen LogP) is 4.63. The molecule has 1 fully saturated rings. The van der Waals surface area contributed by atoms with Gasteiger partial charge in [0.15, 0.2) is 6.29 Å². The molecule has 0 atom stereocenters. The van der Waals surface area contributed by atoms with Crippen molar-refractivity contribution in [2.45, 2.75) is 45.2 Å². The highest BCUT2D eigenvalue weighted by Gasteiger charge is 2.31. The second-order valence-corrected chi connectivity index (χ2v) is 6.91. The van der Waals surface area contributed by atoms with E-state index in [0.29, 0.717) is 31.0 Å². The lowest BCUT2D eigenvalue weighted by molar-refractivity contribution is -0.139. The molecule has 0 aliphatic heterocycles. The summed E-state index contributed by atoms with van der Waals surface area (Å²) in [4.78, 5) is 24.1. The van der Waals surface area contributed by atoms with Crippen LogP contribution in [0.1, 0.15) is 54.9 Å². The second kappa shape index (κ2) is 8.56. The third kappa shape index (κ3) is 5.22. The third-order valence-electron chi connectivity index (χ3n) is 5.11. The van der Waals surface area contributed by atoms with Gasteiger partial charge in [0.05, 0.1) is 5.56 Å². The number of carboxylic acids is 1. The lowest BCUT2D eigenvalue weighted by atomic mass is 9.80. The topological polar surface area (TPSA) is 57.6 Å². The molecule has 1 N–H and O–H groups in total. The molecule has 0 heterocycles. The summed E-state index contributed by atoms with van der Waals surface area (Å²) in [7, 11) is 0. The number of nitrogens with zero attached hydrogens (tertiary/aromatic N) is 1. The Morgan fingerprint density at radius 3 is 2.35 bits per heavy atom. The first-order valence-corrected chi connectivity index (χ1v) is 8.87. The van der Waals surface area contributed by atoms with Crippen molar-refractivity contribution in [1.29, 1.82) is 0 Å². The number of hydrogen-bond acceptors (Lipinski definition) is 3. The number of anilines is 1. The number of carboxylic acid groups (broad SMARTS) is 1. The maximum absolute atomic E-state index is 12.8. The average molecular weight is 371 g/mol. The molecule has 1 aromatic rings. The smallest absolute Gasteiger partial charge is 0.416 e. The van der Waals surface area contributed by atoms with Crippen LogP contribution in [0.4, 0.5) is 18.9 Å². The number of carbonyl (C=O) groups excluding carboxylic acids is 1. The Morgan fingerprint density at radius 1 is 1.23 bits per heavy atom. The molecule has 0 unspecified atom stereocenters. The molecule has 1 aromatic carbocycles. The van der Waals surface area contributed by atoms with Crippen molar-refractivity contribution >= 4 is 17.9 Å². The summed E-state index contributed by atoms with van der Waals surface area (Å²) in [6.45, 7) is 3.14. The van der Waals surface area contributed by atoms with E-state index in [1.807, 2.05) is 11.8 Å². The zero-order chi connectivity index (χ0) is 19.3. The molecule has 144 valence electrons. The van der Waals surface area contributed by atoms with Crippen LogP contribution in [-0.4, -0.2) is 30.5 Å². The minimum Gasteiger partial charge on any atom is -0.481 e. The maximum atomic E-state index is 12.8. The van der Waals surface area contributed by atoms with Gasteiger partial charge >= 0.3 is 12.1 Å². The SMILES string of the molecule is CCN(C[C@H]1CC[C@H](CC(=O)O)CC1)c1ccc(C(F)(F)F)cc1C=O. The fraction of sp³-hybridized carbons (Fsp3) is 0.579. The van der Waals surface area contributed by atoms with Crippen molar-refractivity contribution in [2.75, 3.05) is 18.0 Å². The zero-order valence-corrected chi connectivity index (χ0v) is 14.8. The van der Waals surface area contributed by atoms with E-state index in [-0.39, 0.29) is 17.9 Å². The van der Waals surface area contributed by atoms with Gasteiger partial charge in [0.2, 0.25) is 0 Å². The van der Waals surface area contributed by atoms with Crippen LogP contribution in [0.15, 0.2) is 18.2 Å². The molecule has 0 saturated heterocycles. The van der Waals surface area contributed by atoms with Crippen LogP contribution in [0.25, 0.3) is 0 Å². The van der Waals surface area contributed by atoms with Crippen LogP contribution in [-0.2, 0) is 11.0 Å². The fourth-order valence-corrected chi connectivity index (χ4v) is 3.69. The number of rotatable bonds is 7. The number of alkyl halides is 3. The molecule has 0 spiro atoms. The van der Waals surface area contributed by atoms with Crippen LogP contribution in [0.5, 0.6) is 0 Å². The molecule has 1 aliphatic rings. The van der Waals surface area contributed by atoms with Gasteiger partial charge in [-0.15, -0.1) is 0 Å². The highest BCUT2D eigenvalue weighted by Crippen LogP contribution is 2.35. The number of aldehydes is 1. The Morgan fingerprint density at radius 2 is 1.85 bits per heavy atom. The summed E-state index contributed by atoms with van der Waals surface area (Å²) >= 11 is 0. The van der Waals surface area contributed by atoms with E-state index in [1.165, 1.54) is 6.07 Å². The van der Waals surface area contributed by atoms with Gasteiger partial charge in [-0.25, -0.2) is 0 Å². The van der Waals surface area contributed by atoms with Crippen molar-refractivity contribution in [3.8, 4) is 0 Å². The highest BCUT2D eigenvalue weighted by atomic mass is 19.4. The van der Waals surface area contributed by atoms with Crippen LogP contribution in [0, 0.1) is 11.8 Å². The molecule has 0 amide bonds. The van der Waals surface area contributed by atoms with Crippen LogP contribution in [0.3, 0.4) is 0 Å². The first-order chi connectivity index (χ1) is 12.2. The first-order valence-electron chi connectivity index (χ1n) is 8.87. The van der Waals surface area contributed by atoms with Crippen molar-refractivity contribution in [2.24, 2.45) is 11.8 Å². The lowest BCUT2D eigenvalue weighted by Gasteiger charge is -2.33. The van der Waals surface area contributed by atoms with Crippen molar-refractivity contribution in [3.63, 3.8) is 0 Å². The first kappa shape index (κ1) is 20.3. The van der Waals surface area contributed by atoms with E-state index < -0.39 is 17.7 Å². The molecule has 1 saturated carbocycles. The summed E-state index contributed by atoms with van der Waals surface area (Å²) in [5, 5.41) is 8.88. The molecular weight excluding hydrogens is 347 g/mol. The van der Waals surface area contributed by atoms with Gasteiger partial charge in [-0.2, -0.15) is 13.2 Å². The number of halogens is 3. The summed E-state index contributed by atoms with van der Waals surface area (Å²) < 4.78 is 38.5. The van der Waals surface area contributed by atoms with E-state index in [2.05, 4.69) is 0 Å². The minimum absolute atomic E-state index is 0.0428. The largest absolute Gasteiger partial charge is 0.481 e. The van der Waals surface area contributed by atoms with E-state index >= 15 is 0 Å². The normalized spacial score (nSPS) is 20.6. The molecule has 0 radical (unpaired) electrons. The van der Waals surface area contributed by atoms with Gasteiger partial charge in [-0.1, -0.05) is 0 Å². The predicted molar refractivity (Wildman–Crippen MR) is 92.4 cm³/mol. The monoisotopic (exact) mass is 371 g/mol. The third-order valence-corrected chi connectivity index (χ3v) is 5.11. The Hall–Kier alpha value is -2.05. The Balaban J connectivity index is 2.07. The second-order valence-electron chi connectivity index (χ2n) is 6.91. The van der Waals surface area contributed by atoms with Gasteiger partial charge < -0.3 is 10.0 Å². The Bertz CT molecular complexity index is 637. The van der Waals surface area contributed by atoms with Crippen LogP contribution in [0.2, 0.25) is 0 Å². The zero-order valence-electron chi connectivity index (χ0n) is 14.8. The lowest BCUT2D eigenvalue weighted by Crippen LogP contribution is -2.32. The summed E-state index contributed by atoms with van der Waals surface area (Å²) in [5.41, 5.74) is -0.266. The van der Waals surface area contributed by atoms with Crippen LogP contribution < -0.4 is 4.90 Å². The number of benzene rings is 1. The Labute approximate surface area is 151 Å². The van der Waals surface area contributed by atoms with E-state index in [4.69, 9.17) is 5.11 Å². The van der Waals surface area contributed by atoms with Gasteiger partial charge in [-0.05, 0) is 62.6 Å². The minimum atomic E-state index is -4.48. The number of aliphatic carboxylic acids is 1. The van der Waals surface area contributed by atoms with Gasteiger partial charge in [0, 0.05) is 30.8 Å².